The Morgan fingerprint density at radius 1 is 1.00 bits per heavy atom. The van der Waals surface area contributed by atoms with Crippen LogP contribution in [0.1, 0.15) is 6.42 Å². The standard InChI is InChI=1S/C12H19NO2S.C6H4/c1-13(2)9-8-12(14)16-11-6-4-10(15-3)5-7-11;1-2-6-4-3-5(1)6/h4-7,12,14H,8-9H2,1-3H3;1-4H. The fraction of sp³-hybridized carbons (Fsp3) is 0.333. The van der Waals surface area contributed by atoms with Gasteiger partial charge in [0.15, 0.2) is 0 Å². The first-order chi connectivity index (χ1) is 10.6. The molecule has 1 N–H and O–H groups in total. The molecule has 0 aliphatic heterocycles. The molecule has 0 aromatic heterocycles. The molecule has 0 heterocycles. The Bertz CT molecular complexity index is 620. The number of ether oxygens (including phenoxy) is 1. The van der Waals surface area contributed by atoms with Gasteiger partial charge < -0.3 is 14.7 Å². The van der Waals surface area contributed by atoms with Crippen molar-refractivity contribution in [3.8, 4) is 5.75 Å². The Kier molecular flexibility index (Phi) is 6.31. The van der Waals surface area contributed by atoms with Crippen molar-refractivity contribution in [1.29, 1.82) is 0 Å². The summed E-state index contributed by atoms with van der Waals surface area (Å²) in [6, 6.07) is 16.2. The molecule has 3 rings (SSSR count). The monoisotopic (exact) mass is 317 g/mol. The Balaban J connectivity index is 0.000000238. The molecule has 22 heavy (non-hydrogen) atoms. The summed E-state index contributed by atoms with van der Waals surface area (Å²) in [7, 11) is 5.66. The van der Waals surface area contributed by atoms with Crippen molar-refractivity contribution >= 4 is 11.8 Å². The van der Waals surface area contributed by atoms with Crippen molar-refractivity contribution < 1.29 is 9.84 Å². The molecule has 118 valence electrons. The van der Waals surface area contributed by atoms with E-state index in [0.717, 1.165) is 23.6 Å². The second-order valence-corrected chi connectivity index (χ2v) is 6.67. The van der Waals surface area contributed by atoms with Gasteiger partial charge in [0, 0.05) is 11.4 Å². The quantitative estimate of drug-likeness (QED) is 0.558. The molecule has 0 amide bonds. The molecule has 4 heteroatoms. The predicted molar refractivity (Wildman–Crippen MR) is 92.1 cm³/mol. The van der Waals surface area contributed by atoms with Crippen molar-refractivity contribution in [2.75, 3.05) is 27.7 Å². The van der Waals surface area contributed by atoms with Crippen molar-refractivity contribution in [2.24, 2.45) is 0 Å². The van der Waals surface area contributed by atoms with Crippen LogP contribution in [0.2, 0.25) is 0 Å². The van der Waals surface area contributed by atoms with Crippen LogP contribution in [-0.2, 0) is 0 Å². The van der Waals surface area contributed by atoms with E-state index >= 15 is 0 Å². The van der Waals surface area contributed by atoms with E-state index in [-0.39, 0.29) is 5.44 Å². The smallest absolute Gasteiger partial charge is 0.118 e. The Hall–Kier alpha value is -1.49. The summed E-state index contributed by atoms with van der Waals surface area (Å²) in [4.78, 5) is 3.13. The van der Waals surface area contributed by atoms with E-state index in [4.69, 9.17) is 4.74 Å². The Morgan fingerprint density at radius 2 is 1.55 bits per heavy atom. The highest BCUT2D eigenvalue weighted by Gasteiger charge is 2.06. The maximum atomic E-state index is 9.78. The van der Waals surface area contributed by atoms with E-state index in [9.17, 15) is 5.11 Å². The number of hydrogen-bond acceptors (Lipinski definition) is 4. The average Bonchev–Trinajstić information content (AvgIpc) is 2.50. The summed E-state index contributed by atoms with van der Waals surface area (Å²) in [6.45, 7) is 0.893. The lowest BCUT2D eigenvalue weighted by Gasteiger charge is -2.14. The van der Waals surface area contributed by atoms with Gasteiger partial charge in [-0.1, -0.05) is 36.0 Å². The molecular weight excluding hydrogens is 294 g/mol. The minimum Gasteiger partial charge on any atom is -0.497 e. The third-order valence-electron chi connectivity index (χ3n) is 3.37. The van der Waals surface area contributed by atoms with Crippen LogP contribution in [0.5, 0.6) is 5.75 Å². The van der Waals surface area contributed by atoms with Crippen LogP contribution in [-0.4, -0.2) is 43.2 Å². The van der Waals surface area contributed by atoms with Gasteiger partial charge >= 0.3 is 0 Å². The van der Waals surface area contributed by atoms with Gasteiger partial charge in [0.25, 0.3) is 0 Å². The topological polar surface area (TPSA) is 32.7 Å². The second-order valence-electron chi connectivity index (χ2n) is 5.42. The van der Waals surface area contributed by atoms with Crippen molar-refractivity contribution in [3.05, 3.63) is 59.0 Å². The molecule has 2 aliphatic carbocycles. The highest BCUT2D eigenvalue weighted by atomic mass is 32.2. The molecule has 0 bridgehead atoms. The van der Waals surface area contributed by atoms with E-state index in [2.05, 4.69) is 29.2 Å². The molecular formula is C18H23NO2S. The molecule has 0 fully saturated rings. The van der Waals surface area contributed by atoms with Crippen molar-refractivity contribution in [3.63, 3.8) is 0 Å². The Labute approximate surface area is 136 Å². The number of aliphatic hydroxyl groups is 1. The molecule has 0 saturated heterocycles. The summed E-state index contributed by atoms with van der Waals surface area (Å²) in [6.07, 6.45) is 0.768. The lowest BCUT2D eigenvalue weighted by Crippen LogP contribution is -2.17. The summed E-state index contributed by atoms with van der Waals surface area (Å²) < 4.78 is 5.07. The van der Waals surface area contributed by atoms with Crippen LogP contribution in [0, 0.1) is 10.4 Å². The molecule has 3 nitrogen and oxygen atoms in total. The van der Waals surface area contributed by atoms with Crippen LogP contribution in [0.4, 0.5) is 0 Å². The average molecular weight is 317 g/mol. The zero-order valence-corrected chi connectivity index (χ0v) is 14.1. The minimum absolute atomic E-state index is 0.351. The number of aliphatic hydroxyl groups excluding tert-OH is 1. The van der Waals surface area contributed by atoms with E-state index in [1.807, 2.05) is 38.4 Å². The number of rotatable bonds is 6. The highest BCUT2D eigenvalue weighted by molar-refractivity contribution is 7.99. The SMILES string of the molecule is COc1ccc(SC(O)CCN(C)C)cc1.c1cc2ccc1=2. The molecule has 0 radical (unpaired) electrons. The summed E-state index contributed by atoms with van der Waals surface area (Å²) in [5.74, 6) is 0.840. The molecule has 1 aromatic carbocycles. The fourth-order valence-electron chi connectivity index (χ4n) is 1.90. The zero-order valence-electron chi connectivity index (χ0n) is 13.3. The molecule has 1 atom stereocenters. The van der Waals surface area contributed by atoms with Crippen LogP contribution in [0.25, 0.3) is 0 Å². The number of methoxy groups -OCH3 is 1. The van der Waals surface area contributed by atoms with Gasteiger partial charge in [0.05, 0.1) is 7.11 Å². The largest absolute Gasteiger partial charge is 0.497 e. The maximum absolute atomic E-state index is 9.78. The predicted octanol–water partition coefficient (Wildman–Crippen LogP) is 3.34. The van der Waals surface area contributed by atoms with Gasteiger partial charge in [0.2, 0.25) is 0 Å². The minimum atomic E-state index is -0.351. The summed E-state index contributed by atoms with van der Waals surface area (Å²) in [5, 5.41) is 12.6. The summed E-state index contributed by atoms with van der Waals surface area (Å²) in [5.41, 5.74) is -0.351. The first-order valence-corrected chi connectivity index (χ1v) is 8.20. The number of thioether (sulfide) groups is 1. The maximum Gasteiger partial charge on any atom is 0.118 e. The Morgan fingerprint density at radius 3 is 1.91 bits per heavy atom. The lowest BCUT2D eigenvalue weighted by atomic mass is 10.1. The molecule has 1 unspecified atom stereocenters. The van der Waals surface area contributed by atoms with Gasteiger partial charge in [-0.15, -0.1) is 0 Å². The number of hydrogen-bond donors (Lipinski definition) is 1. The van der Waals surface area contributed by atoms with Crippen LogP contribution < -0.4 is 4.74 Å². The van der Waals surface area contributed by atoms with Crippen LogP contribution in [0.15, 0.2) is 53.4 Å². The van der Waals surface area contributed by atoms with Gasteiger partial charge in [-0.2, -0.15) is 0 Å². The van der Waals surface area contributed by atoms with Crippen molar-refractivity contribution in [1.82, 2.24) is 4.90 Å². The highest BCUT2D eigenvalue weighted by Crippen LogP contribution is 2.25. The van der Waals surface area contributed by atoms with E-state index in [1.165, 1.54) is 22.2 Å². The van der Waals surface area contributed by atoms with Gasteiger partial charge in [0.1, 0.15) is 11.2 Å². The molecule has 0 spiro atoms. The van der Waals surface area contributed by atoms with Gasteiger partial charge in [-0.05, 0) is 55.2 Å². The van der Waals surface area contributed by atoms with Crippen LogP contribution >= 0.6 is 11.8 Å². The van der Waals surface area contributed by atoms with Gasteiger partial charge in [-0.3, -0.25) is 0 Å². The molecule has 1 aromatic rings. The fourth-order valence-corrected chi connectivity index (χ4v) is 2.73. The third kappa shape index (κ3) is 5.05. The van der Waals surface area contributed by atoms with Crippen molar-refractivity contribution in [2.45, 2.75) is 16.8 Å². The molecule has 0 saturated carbocycles. The van der Waals surface area contributed by atoms with E-state index in [0.29, 0.717) is 0 Å². The van der Waals surface area contributed by atoms with E-state index < -0.39 is 0 Å². The second kappa shape index (κ2) is 8.22. The van der Waals surface area contributed by atoms with Gasteiger partial charge in [-0.25, -0.2) is 0 Å². The van der Waals surface area contributed by atoms with E-state index in [1.54, 1.807) is 7.11 Å². The number of benzene rings is 2. The number of nitrogens with zero attached hydrogens (tertiary/aromatic N) is 1. The normalized spacial score (nSPS) is 12.4. The lowest BCUT2D eigenvalue weighted by molar-refractivity contribution is 0.232. The molecule has 2 aliphatic rings. The van der Waals surface area contributed by atoms with Crippen LogP contribution in [0.3, 0.4) is 0 Å². The first-order valence-electron chi connectivity index (χ1n) is 7.32. The third-order valence-corrected chi connectivity index (χ3v) is 4.43. The zero-order chi connectivity index (χ0) is 15.9. The summed E-state index contributed by atoms with van der Waals surface area (Å²) >= 11 is 1.48. The first kappa shape index (κ1) is 16.9.